The van der Waals surface area contributed by atoms with Gasteiger partial charge in [-0.1, -0.05) is 6.07 Å². The Labute approximate surface area is 149 Å². The maximum atomic E-state index is 11.9. The number of esters is 2. The molecule has 0 unspecified atom stereocenters. The van der Waals surface area contributed by atoms with Crippen LogP contribution in [-0.4, -0.2) is 35.3 Å². The summed E-state index contributed by atoms with van der Waals surface area (Å²) in [5.74, 6) is -0.451. The van der Waals surface area contributed by atoms with E-state index in [0.29, 0.717) is 13.0 Å². The second-order valence-corrected chi connectivity index (χ2v) is 7.18. The number of carbonyl (C=O) groups is 2. The van der Waals surface area contributed by atoms with E-state index in [1.807, 2.05) is 20.8 Å². The molecule has 140 valence electrons. The second kappa shape index (κ2) is 9.42. The van der Waals surface area contributed by atoms with Gasteiger partial charge in [-0.2, -0.15) is 0 Å². The van der Waals surface area contributed by atoms with Crippen molar-refractivity contribution < 1.29 is 24.2 Å². The molecule has 0 aromatic heterocycles. The Morgan fingerprint density at radius 1 is 1.16 bits per heavy atom. The van der Waals surface area contributed by atoms with Crippen molar-refractivity contribution in [3.8, 4) is 5.75 Å². The van der Waals surface area contributed by atoms with Gasteiger partial charge in [-0.05, 0) is 64.3 Å². The molecule has 6 heteroatoms. The molecule has 1 aromatic rings. The number of benzene rings is 1. The Kier molecular flexibility index (Phi) is 7.90. The first-order valence-electron chi connectivity index (χ1n) is 8.49. The number of phenols is 1. The van der Waals surface area contributed by atoms with Gasteiger partial charge in [-0.25, -0.2) is 0 Å². The lowest BCUT2D eigenvalue weighted by Crippen LogP contribution is -2.26. The fourth-order valence-corrected chi connectivity index (χ4v) is 2.25. The molecule has 0 amide bonds. The van der Waals surface area contributed by atoms with E-state index in [2.05, 4.69) is 5.32 Å². The average molecular weight is 351 g/mol. The third-order valence-corrected chi connectivity index (χ3v) is 3.16. The normalized spacial score (nSPS) is 11.4. The van der Waals surface area contributed by atoms with Crippen LogP contribution in [0.1, 0.15) is 52.2 Å². The molecule has 0 aliphatic rings. The predicted octanol–water partition coefficient (Wildman–Crippen LogP) is 2.71. The first-order valence-corrected chi connectivity index (χ1v) is 8.49. The van der Waals surface area contributed by atoms with Crippen molar-refractivity contribution in [3.05, 3.63) is 29.3 Å². The van der Waals surface area contributed by atoms with Crippen molar-refractivity contribution >= 4 is 11.9 Å². The number of ether oxygens (including phenoxy) is 2. The number of carbonyl (C=O) groups excluding carboxylic acids is 2. The van der Waals surface area contributed by atoms with Gasteiger partial charge in [0, 0.05) is 13.0 Å². The highest BCUT2D eigenvalue weighted by atomic mass is 16.6. The molecule has 0 bridgehead atoms. The fraction of sp³-hybridized carbons (Fsp3) is 0.579. The first-order chi connectivity index (χ1) is 11.6. The van der Waals surface area contributed by atoms with Crippen molar-refractivity contribution in [1.82, 2.24) is 5.32 Å². The lowest BCUT2D eigenvalue weighted by Gasteiger charge is -2.19. The van der Waals surface area contributed by atoms with E-state index in [-0.39, 0.29) is 36.8 Å². The van der Waals surface area contributed by atoms with E-state index in [4.69, 9.17) is 9.47 Å². The molecular formula is C19H29NO5. The van der Waals surface area contributed by atoms with Crippen LogP contribution in [0.25, 0.3) is 0 Å². The molecule has 0 saturated carbocycles. The molecule has 0 saturated heterocycles. The van der Waals surface area contributed by atoms with Crippen LogP contribution in [0.5, 0.6) is 5.75 Å². The largest absolute Gasteiger partial charge is 0.508 e. The Bertz CT molecular complexity index is 590. The molecule has 6 nitrogen and oxygen atoms in total. The number of aromatic hydroxyl groups is 1. The Hall–Kier alpha value is -2.08. The van der Waals surface area contributed by atoms with Gasteiger partial charge in [-0.15, -0.1) is 0 Å². The minimum atomic E-state index is -0.507. The maximum absolute atomic E-state index is 11.9. The zero-order valence-corrected chi connectivity index (χ0v) is 15.7. The molecule has 0 spiro atoms. The minimum Gasteiger partial charge on any atom is -0.508 e. The van der Waals surface area contributed by atoms with E-state index in [1.165, 1.54) is 0 Å². The molecule has 0 heterocycles. The molecule has 25 heavy (non-hydrogen) atoms. The van der Waals surface area contributed by atoms with Gasteiger partial charge in [0.15, 0.2) is 0 Å². The lowest BCUT2D eigenvalue weighted by molar-refractivity contribution is -0.154. The molecule has 0 atom stereocenters. The number of hydrogen-bond donors (Lipinski definition) is 2. The van der Waals surface area contributed by atoms with Crippen molar-refractivity contribution in [2.75, 3.05) is 6.54 Å². The molecular weight excluding hydrogens is 322 g/mol. The average Bonchev–Trinajstić information content (AvgIpc) is 2.43. The van der Waals surface area contributed by atoms with Crippen LogP contribution >= 0.6 is 0 Å². The predicted molar refractivity (Wildman–Crippen MR) is 95.2 cm³/mol. The van der Waals surface area contributed by atoms with Crippen LogP contribution in [0.4, 0.5) is 0 Å². The molecule has 1 rings (SSSR count). The Morgan fingerprint density at radius 2 is 1.84 bits per heavy atom. The van der Waals surface area contributed by atoms with E-state index in [1.54, 1.807) is 32.0 Å². The summed E-state index contributed by atoms with van der Waals surface area (Å²) < 4.78 is 10.4. The van der Waals surface area contributed by atoms with E-state index < -0.39 is 5.60 Å². The summed E-state index contributed by atoms with van der Waals surface area (Å²) in [6.07, 6.45) is 0.604. The van der Waals surface area contributed by atoms with Crippen LogP contribution in [-0.2, 0) is 32.0 Å². The Morgan fingerprint density at radius 3 is 2.44 bits per heavy atom. The number of rotatable bonds is 8. The molecule has 0 radical (unpaired) electrons. The SMILES string of the molecule is CC(C)OC(=O)CNCc1cc(O)ccc1CCC(=O)OC(C)(C)C. The Balaban J connectivity index is 2.60. The molecule has 0 fully saturated rings. The molecule has 0 aliphatic carbocycles. The van der Waals surface area contributed by atoms with Crippen molar-refractivity contribution in [2.24, 2.45) is 0 Å². The van der Waals surface area contributed by atoms with Crippen molar-refractivity contribution in [2.45, 2.75) is 65.7 Å². The van der Waals surface area contributed by atoms with E-state index in [0.717, 1.165) is 11.1 Å². The number of phenolic OH excluding ortho intramolecular Hbond substituents is 1. The summed E-state index contributed by atoms with van der Waals surface area (Å²) in [4.78, 5) is 23.4. The minimum absolute atomic E-state index is 0.0827. The lowest BCUT2D eigenvalue weighted by atomic mass is 10.0. The quantitative estimate of drug-likeness (QED) is 0.701. The summed E-state index contributed by atoms with van der Waals surface area (Å²) in [6, 6.07) is 5.00. The van der Waals surface area contributed by atoms with Gasteiger partial charge >= 0.3 is 11.9 Å². The number of hydrogen-bond acceptors (Lipinski definition) is 6. The van der Waals surface area contributed by atoms with Gasteiger partial charge < -0.3 is 19.9 Å². The van der Waals surface area contributed by atoms with E-state index >= 15 is 0 Å². The summed E-state index contributed by atoms with van der Waals surface area (Å²) in [7, 11) is 0. The second-order valence-electron chi connectivity index (χ2n) is 7.18. The highest BCUT2D eigenvalue weighted by Gasteiger charge is 2.16. The third-order valence-electron chi connectivity index (χ3n) is 3.16. The summed E-state index contributed by atoms with van der Waals surface area (Å²) in [5, 5.41) is 12.7. The van der Waals surface area contributed by atoms with Crippen LogP contribution in [0.3, 0.4) is 0 Å². The van der Waals surface area contributed by atoms with Crippen molar-refractivity contribution in [1.29, 1.82) is 0 Å². The van der Waals surface area contributed by atoms with Gasteiger partial charge in [-0.3, -0.25) is 9.59 Å². The van der Waals surface area contributed by atoms with Crippen LogP contribution < -0.4 is 5.32 Å². The highest BCUT2D eigenvalue weighted by Crippen LogP contribution is 2.19. The fourth-order valence-electron chi connectivity index (χ4n) is 2.25. The third kappa shape index (κ3) is 9.10. The monoisotopic (exact) mass is 351 g/mol. The summed E-state index contributed by atoms with van der Waals surface area (Å²) in [5.41, 5.74) is 1.25. The van der Waals surface area contributed by atoms with Crippen LogP contribution in [0.15, 0.2) is 18.2 Å². The standard InChI is InChI=1S/C19H29NO5/c1-13(2)24-18(23)12-20-11-15-10-16(21)8-6-14(15)7-9-17(22)25-19(3,4)5/h6,8,10,13,20-21H,7,9,11-12H2,1-5H3. The molecule has 2 N–H and O–H groups in total. The zero-order chi connectivity index (χ0) is 19.0. The van der Waals surface area contributed by atoms with Crippen molar-refractivity contribution in [3.63, 3.8) is 0 Å². The van der Waals surface area contributed by atoms with Gasteiger partial charge in [0.25, 0.3) is 0 Å². The first kappa shape index (κ1) is 21.0. The smallest absolute Gasteiger partial charge is 0.320 e. The topological polar surface area (TPSA) is 84.9 Å². The van der Waals surface area contributed by atoms with Gasteiger partial charge in [0.2, 0.25) is 0 Å². The molecule has 1 aromatic carbocycles. The summed E-state index contributed by atoms with van der Waals surface area (Å²) in [6.45, 7) is 9.56. The van der Waals surface area contributed by atoms with Crippen LogP contribution in [0, 0.1) is 0 Å². The molecule has 0 aliphatic heterocycles. The van der Waals surface area contributed by atoms with Crippen LogP contribution in [0.2, 0.25) is 0 Å². The van der Waals surface area contributed by atoms with Gasteiger partial charge in [0.05, 0.1) is 12.6 Å². The highest BCUT2D eigenvalue weighted by molar-refractivity contribution is 5.72. The zero-order valence-electron chi connectivity index (χ0n) is 15.7. The van der Waals surface area contributed by atoms with E-state index in [9.17, 15) is 14.7 Å². The number of aryl methyl sites for hydroxylation is 1. The van der Waals surface area contributed by atoms with Gasteiger partial charge in [0.1, 0.15) is 11.4 Å². The summed E-state index contributed by atoms with van der Waals surface area (Å²) >= 11 is 0. The maximum Gasteiger partial charge on any atom is 0.320 e. The number of nitrogens with one attached hydrogen (secondary N) is 1.